The van der Waals surface area contributed by atoms with Crippen LogP contribution in [0.15, 0.2) is 24.3 Å². The molecule has 0 saturated carbocycles. The second-order valence-corrected chi connectivity index (χ2v) is 6.01. The van der Waals surface area contributed by atoms with Crippen molar-refractivity contribution in [1.29, 1.82) is 0 Å². The first-order valence-corrected chi connectivity index (χ1v) is 7.43. The van der Waals surface area contributed by atoms with Crippen molar-refractivity contribution >= 4 is 10.8 Å². The van der Waals surface area contributed by atoms with Gasteiger partial charge in [-0.2, -0.15) is 0 Å². The molecule has 0 heterocycles. The molecule has 0 radical (unpaired) electrons. The Balaban J connectivity index is 2.10. The van der Waals surface area contributed by atoms with Crippen molar-refractivity contribution in [2.75, 3.05) is 18.1 Å². The molecule has 0 amide bonds. The monoisotopic (exact) mass is 237 g/mol. The Morgan fingerprint density at radius 2 is 2.19 bits per heavy atom. The molecular weight excluding hydrogens is 218 g/mol. The molecule has 0 saturated heterocycles. The number of benzene rings is 1. The Bertz CT molecular complexity index is 378. The molecule has 2 N–H and O–H groups in total. The topological polar surface area (TPSA) is 43.1 Å². The third-order valence-electron chi connectivity index (χ3n) is 3.23. The normalized spacial score (nSPS) is 21.4. The fourth-order valence-electron chi connectivity index (χ4n) is 2.47. The predicted molar refractivity (Wildman–Crippen MR) is 69.1 cm³/mol. The highest BCUT2D eigenvalue weighted by Crippen LogP contribution is 2.31. The molecule has 0 fully saturated rings. The van der Waals surface area contributed by atoms with Crippen molar-refractivity contribution in [3.63, 3.8) is 0 Å². The van der Waals surface area contributed by atoms with Crippen molar-refractivity contribution in [1.82, 2.24) is 0 Å². The van der Waals surface area contributed by atoms with Gasteiger partial charge in [-0.1, -0.05) is 24.3 Å². The Labute approximate surface area is 99.7 Å². The lowest BCUT2D eigenvalue weighted by molar-refractivity contribution is 0.588. The van der Waals surface area contributed by atoms with E-state index >= 15 is 0 Å². The number of hydrogen-bond donors (Lipinski definition) is 1. The van der Waals surface area contributed by atoms with Crippen LogP contribution in [-0.2, 0) is 17.2 Å². The first-order valence-electron chi connectivity index (χ1n) is 5.94. The van der Waals surface area contributed by atoms with E-state index in [0.29, 0.717) is 18.2 Å². The summed E-state index contributed by atoms with van der Waals surface area (Å²) in [5.41, 5.74) is 8.30. The number of aryl methyl sites for hydroxylation is 1. The van der Waals surface area contributed by atoms with Crippen molar-refractivity contribution in [2.45, 2.75) is 25.2 Å². The van der Waals surface area contributed by atoms with Gasteiger partial charge in [0.05, 0.1) is 0 Å². The van der Waals surface area contributed by atoms with Crippen molar-refractivity contribution < 1.29 is 4.21 Å². The summed E-state index contributed by atoms with van der Waals surface area (Å²) < 4.78 is 11.8. The fraction of sp³-hybridized carbons (Fsp3) is 0.538. The van der Waals surface area contributed by atoms with Crippen LogP contribution in [0, 0.1) is 0 Å². The van der Waals surface area contributed by atoms with E-state index in [4.69, 9.17) is 5.73 Å². The minimum absolute atomic E-state index is 0.484. The van der Waals surface area contributed by atoms with Crippen molar-refractivity contribution in [3.8, 4) is 0 Å². The molecule has 0 aliphatic heterocycles. The van der Waals surface area contributed by atoms with Gasteiger partial charge in [0.25, 0.3) is 0 Å². The van der Waals surface area contributed by atoms with E-state index in [0.717, 1.165) is 5.75 Å². The SMILES string of the molecule is NCCS(=O)CC1CCCc2ccccc21. The maximum absolute atomic E-state index is 11.8. The summed E-state index contributed by atoms with van der Waals surface area (Å²) >= 11 is 0. The summed E-state index contributed by atoms with van der Waals surface area (Å²) in [4.78, 5) is 0. The van der Waals surface area contributed by atoms with E-state index in [1.54, 1.807) is 0 Å². The Morgan fingerprint density at radius 1 is 1.38 bits per heavy atom. The molecule has 3 heteroatoms. The second-order valence-electron chi connectivity index (χ2n) is 4.39. The van der Waals surface area contributed by atoms with Crippen LogP contribution in [0.3, 0.4) is 0 Å². The summed E-state index contributed by atoms with van der Waals surface area (Å²) in [5, 5.41) is 0. The Kier molecular flexibility index (Phi) is 4.13. The molecule has 2 nitrogen and oxygen atoms in total. The lowest BCUT2D eigenvalue weighted by Gasteiger charge is -2.25. The standard InChI is InChI=1S/C13H19NOS/c14-8-9-16(15)10-12-6-3-5-11-4-1-2-7-13(11)12/h1-2,4,7,12H,3,5-6,8-10,14H2. The van der Waals surface area contributed by atoms with Crippen LogP contribution in [0.1, 0.15) is 29.9 Å². The molecule has 16 heavy (non-hydrogen) atoms. The van der Waals surface area contributed by atoms with Gasteiger partial charge in [0.2, 0.25) is 0 Å². The zero-order valence-electron chi connectivity index (χ0n) is 9.52. The second kappa shape index (κ2) is 5.60. The summed E-state index contributed by atoms with van der Waals surface area (Å²) in [6, 6.07) is 8.58. The molecule has 1 aliphatic rings. The van der Waals surface area contributed by atoms with Gasteiger partial charge in [-0.25, -0.2) is 0 Å². The predicted octanol–water partition coefficient (Wildman–Crippen LogP) is 1.81. The third kappa shape index (κ3) is 2.71. The molecule has 0 aromatic heterocycles. The molecular formula is C13H19NOS. The van der Waals surface area contributed by atoms with Crippen LogP contribution in [0.5, 0.6) is 0 Å². The summed E-state index contributed by atoms with van der Waals surface area (Å²) in [7, 11) is -0.750. The van der Waals surface area contributed by atoms with E-state index < -0.39 is 10.8 Å². The quantitative estimate of drug-likeness (QED) is 0.868. The molecule has 88 valence electrons. The largest absolute Gasteiger partial charge is 0.330 e. The average molecular weight is 237 g/mol. The van der Waals surface area contributed by atoms with Crippen LogP contribution in [-0.4, -0.2) is 22.3 Å². The molecule has 1 aliphatic carbocycles. The highest BCUT2D eigenvalue weighted by atomic mass is 32.2. The molecule has 2 atom stereocenters. The van der Waals surface area contributed by atoms with Gasteiger partial charge in [-0.3, -0.25) is 4.21 Å². The summed E-state index contributed by atoms with van der Waals surface area (Å²) in [6.45, 7) is 0.529. The summed E-state index contributed by atoms with van der Waals surface area (Å²) in [6.07, 6.45) is 3.57. The van der Waals surface area contributed by atoms with Crippen LogP contribution < -0.4 is 5.73 Å². The van der Waals surface area contributed by atoms with E-state index in [9.17, 15) is 4.21 Å². The number of fused-ring (bicyclic) bond motifs is 1. The van der Waals surface area contributed by atoms with Gasteiger partial charge in [0.15, 0.2) is 0 Å². The van der Waals surface area contributed by atoms with Gasteiger partial charge in [-0.15, -0.1) is 0 Å². The first kappa shape index (κ1) is 11.8. The minimum Gasteiger partial charge on any atom is -0.330 e. The lowest BCUT2D eigenvalue weighted by Crippen LogP contribution is -2.20. The molecule has 2 unspecified atom stereocenters. The van der Waals surface area contributed by atoms with Gasteiger partial charge < -0.3 is 5.73 Å². The first-order chi connectivity index (χ1) is 7.81. The lowest BCUT2D eigenvalue weighted by atomic mass is 9.84. The van der Waals surface area contributed by atoms with E-state index in [1.807, 2.05) is 0 Å². The smallest absolute Gasteiger partial charge is 0.0358 e. The van der Waals surface area contributed by atoms with Gasteiger partial charge in [0.1, 0.15) is 0 Å². The maximum Gasteiger partial charge on any atom is 0.0358 e. The highest BCUT2D eigenvalue weighted by Gasteiger charge is 2.21. The highest BCUT2D eigenvalue weighted by molar-refractivity contribution is 7.85. The Morgan fingerprint density at radius 3 is 3.00 bits per heavy atom. The average Bonchev–Trinajstić information content (AvgIpc) is 2.30. The van der Waals surface area contributed by atoms with Gasteiger partial charge >= 0.3 is 0 Å². The third-order valence-corrected chi connectivity index (χ3v) is 4.69. The zero-order chi connectivity index (χ0) is 11.4. The van der Waals surface area contributed by atoms with Crippen LogP contribution in [0.25, 0.3) is 0 Å². The zero-order valence-corrected chi connectivity index (χ0v) is 10.3. The minimum atomic E-state index is -0.750. The number of rotatable bonds is 4. The Hall–Kier alpha value is -0.670. The summed E-state index contributed by atoms with van der Waals surface area (Å²) in [5.74, 6) is 1.91. The van der Waals surface area contributed by atoms with Crippen LogP contribution in [0.4, 0.5) is 0 Å². The van der Waals surface area contributed by atoms with Gasteiger partial charge in [-0.05, 0) is 36.3 Å². The van der Waals surface area contributed by atoms with E-state index in [2.05, 4.69) is 24.3 Å². The number of hydrogen-bond acceptors (Lipinski definition) is 2. The fourth-order valence-corrected chi connectivity index (χ4v) is 3.69. The van der Waals surface area contributed by atoms with Gasteiger partial charge in [0, 0.05) is 28.9 Å². The van der Waals surface area contributed by atoms with Crippen LogP contribution >= 0.6 is 0 Å². The molecule has 0 bridgehead atoms. The maximum atomic E-state index is 11.8. The molecule has 1 aromatic rings. The van der Waals surface area contributed by atoms with Crippen molar-refractivity contribution in [2.24, 2.45) is 5.73 Å². The van der Waals surface area contributed by atoms with Crippen LogP contribution in [0.2, 0.25) is 0 Å². The molecule has 2 rings (SSSR count). The van der Waals surface area contributed by atoms with E-state index in [1.165, 1.54) is 30.4 Å². The molecule has 1 aromatic carbocycles. The van der Waals surface area contributed by atoms with Crippen molar-refractivity contribution in [3.05, 3.63) is 35.4 Å². The van der Waals surface area contributed by atoms with E-state index in [-0.39, 0.29) is 0 Å². The molecule has 0 spiro atoms. The number of nitrogens with two attached hydrogens (primary N) is 1.